The fourth-order valence-electron chi connectivity index (χ4n) is 1.07. The van der Waals surface area contributed by atoms with Crippen LogP contribution in [-0.2, 0) is 0 Å². The molecule has 2 nitrogen and oxygen atoms in total. The van der Waals surface area contributed by atoms with Crippen LogP contribution in [0.3, 0.4) is 0 Å². The first kappa shape index (κ1) is 12.2. The zero-order valence-corrected chi connectivity index (χ0v) is 8.44. The second-order valence-electron chi connectivity index (χ2n) is 2.98. The zero-order valence-electron chi connectivity index (χ0n) is 8.44. The minimum Gasteiger partial charge on any atom is -0.402 e. The quantitative estimate of drug-likeness (QED) is 0.623. The number of rotatable bonds is 6. The minimum absolute atomic E-state index is 0.533. The van der Waals surface area contributed by atoms with Gasteiger partial charge in [-0.2, -0.15) is 0 Å². The van der Waals surface area contributed by atoms with Gasteiger partial charge < -0.3 is 11.1 Å². The zero-order chi connectivity index (χ0) is 10.1. The van der Waals surface area contributed by atoms with Gasteiger partial charge in [-0.25, -0.2) is 4.39 Å². The van der Waals surface area contributed by atoms with E-state index in [0.717, 1.165) is 30.5 Å². The Morgan fingerprint density at radius 3 is 2.69 bits per heavy atom. The maximum atomic E-state index is 12.0. The molecule has 0 aromatic rings. The summed E-state index contributed by atoms with van der Waals surface area (Å²) in [6.07, 6.45) is 4.96. The number of allylic oxidation sites excluding steroid dienone is 1. The van der Waals surface area contributed by atoms with Gasteiger partial charge in [-0.15, -0.1) is 0 Å². The van der Waals surface area contributed by atoms with Crippen LogP contribution in [-0.4, -0.2) is 13.6 Å². The lowest BCUT2D eigenvalue weighted by Crippen LogP contribution is -2.14. The predicted octanol–water partition coefficient (Wildman–Crippen LogP) is 2.09. The number of unbranched alkanes of at least 4 members (excludes halogenated alkanes) is 1. The summed E-state index contributed by atoms with van der Waals surface area (Å²) >= 11 is 0. The van der Waals surface area contributed by atoms with Gasteiger partial charge in [0.25, 0.3) is 0 Å². The third kappa shape index (κ3) is 5.42. The van der Waals surface area contributed by atoms with Gasteiger partial charge in [-0.05, 0) is 31.5 Å². The van der Waals surface area contributed by atoms with Gasteiger partial charge in [-0.1, -0.05) is 13.3 Å². The molecule has 0 amide bonds. The van der Waals surface area contributed by atoms with E-state index >= 15 is 0 Å². The lowest BCUT2D eigenvalue weighted by atomic mass is 10.1. The van der Waals surface area contributed by atoms with Gasteiger partial charge >= 0.3 is 0 Å². The average Bonchev–Trinajstić information content (AvgIpc) is 2.14. The van der Waals surface area contributed by atoms with Crippen molar-refractivity contribution in [3.05, 3.63) is 23.7 Å². The van der Waals surface area contributed by atoms with Gasteiger partial charge in [0.1, 0.15) is 0 Å². The van der Waals surface area contributed by atoms with E-state index in [9.17, 15) is 4.39 Å². The lowest BCUT2D eigenvalue weighted by molar-refractivity contribution is 0.715. The molecule has 0 bridgehead atoms. The summed E-state index contributed by atoms with van der Waals surface area (Å²) in [5.41, 5.74) is 7.43. The highest BCUT2D eigenvalue weighted by molar-refractivity contribution is 5.24. The first-order valence-corrected chi connectivity index (χ1v) is 4.65. The van der Waals surface area contributed by atoms with E-state index < -0.39 is 0 Å². The Balaban J connectivity index is 4.25. The summed E-state index contributed by atoms with van der Waals surface area (Å²) in [7, 11) is 1.82. The molecule has 0 rings (SSSR count). The molecule has 0 aromatic carbocycles. The van der Waals surface area contributed by atoms with E-state index in [1.54, 1.807) is 0 Å². The summed E-state index contributed by atoms with van der Waals surface area (Å²) in [5, 5.41) is 2.95. The van der Waals surface area contributed by atoms with E-state index in [4.69, 9.17) is 5.73 Å². The largest absolute Gasteiger partial charge is 0.402 e. The molecule has 0 atom stereocenters. The summed E-state index contributed by atoms with van der Waals surface area (Å²) < 4.78 is 12.0. The first-order chi connectivity index (χ1) is 6.26. The SMILES string of the molecule is CCCC/C(N)=C(/C=C\F)CNC. The van der Waals surface area contributed by atoms with Crippen molar-refractivity contribution < 1.29 is 4.39 Å². The molecule has 0 saturated heterocycles. The maximum Gasteiger partial charge on any atom is 0.0870 e. The van der Waals surface area contributed by atoms with Crippen LogP contribution < -0.4 is 11.1 Å². The van der Waals surface area contributed by atoms with Crippen molar-refractivity contribution in [3.8, 4) is 0 Å². The third-order valence-electron chi connectivity index (χ3n) is 1.84. The summed E-state index contributed by atoms with van der Waals surface area (Å²) in [4.78, 5) is 0. The number of likely N-dealkylation sites (N-methyl/N-ethyl adjacent to an activating group) is 1. The van der Waals surface area contributed by atoms with Crippen LogP contribution in [0.15, 0.2) is 23.7 Å². The standard InChI is InChI=1S/C10H19FN2/c1-3-4-5-10(12)9(6-7-11)8-13-2/h6-7,13H,3-5,8,12H2,1-2H3/b7-6-,10-9+. The van der Waals surface area contributed by atoms with Gasteiger partial charge in [0.05, 0.1) is 6.33 Å². The molecule has 0 spiro atoms. The number of nitrogens with one attached hydrogen (secondary N) is 1. The normalized spacial score (nSPS) is 13.5. The molecule has 0 radical (unpaired) electrons. The second kappa shape index (κ2) is 7.80. The van der Waals surface area contributed by atoms with Crippen molar-refractivity contribution >= 4 is 0 Å². The molecule has 0 aromatic heterocycles. The minimum atomic E-state index is 0.533. The summed E-state index contributed by atoms with van der Waals surface area (Å²) in [6.45, 7) is 2.73. The molecule has 0 saturated carbocycles. The third-order valence-corrected chi connectivity index (χ3v) is 1.84. The molecular weight excluding hydrogens is 167 g/mol. The summed E-state index contributed by atoms with van der Waals surface area (Å²) in [6, 6.07) is 0. The van der Waals surface area contributed by atoms with E-state index in [1.165, 1.54) is 6.08 Å². The van der Waals surface area contributed by atoms with Crippen molar-refractivity contribution in [3.63, 3.8) is 0 Å². The molecule has 0 aliphatic rings. The van der Waals surface area contributed by atoms with Crippen LogP contribution in [0.2, 0.25) is 0 Å². The van der Waals surface area contributed by atoms with Crippen LogP contribution in [0.25, 0.3) is 0 Å². The number of halogens is 1. The average molecular weight is 186 g/mol. The topological polar surface area (TPSA) is 38.0 Å². The van der Waals surface area contributed by atoms with Gasteiger partial charge in [0.2, 0.25) is 0 Å². The predicted molar refractivity (Wildman–Crippen MR) is 54.9 cm³/mol. The molecule has 0 fully saturated rings. The maximum absolute atomic E-state index is 12.0. The Labute approximate surface area is 79.7 Å². The van der Waals surface area contributed by atoms with Crippen LogP contribution >= 0.6 is 0 Å². The monoisotopic (exact) mass is 186 g/mol. The highest BCUT2D eigenvalue weighted by Crippen LogP contribution is 2.08. The van der Waals surface area contributed by atoms with E-state index in [1.807, 2.05) is 7.05 Å². The van der Waals surface area contributed by atoms with Crippen LogP contribution in [0.5, 0.6) is 0 Å². The Morgan fingerprint density at radius 1 is 1.54 bits per heavy atom. The van der Waals surface area contributed by atoms with Gasteiger partial charge in [0.15, 0.2) is 0 Å². The molecule has 0 aliphatic carbocycles. The molecule has 3 heteroatoms. The molecule has 0 unspecified atom stereocenters. The van der Waals surface area contributed by atoms with Crippen molar-refractivity contribution in [2.24, 2.45) is 5.73 Å². The van der Waals surface area contributed by atoms with E-state index in [-0.39, 0.29) is 0 Å². The molecule has 0 heterocycles. The Hall–Kier alpha value is -0.830. The van der Waals surface area contributed by atoms with Gasteiger partial charge in [-0.3, -0.25) is 0 Å². The fraction of sp³-hybridized carbons (Fsp3) is 0.600. The van der Waals surface area contributed by atoms with Crippen molar-refractivity contribution in [2.75, 3.05) is 13.6 Å². The Morgan fingerprint density at radius 2 is 2.23 bits per heavy atom. The Kier molecular flexibility index (Phi) is 7.30. The molecule has 76 valence electrons. The van der Waals surface area contributed by atoms with Crippen molar-refractivity contribution in [1.82, 2.24) is 5.32 Å². The van der Waals surface area contributed by atoms with Crippen LogP contribution in [0.4, 0.5) is 4.39 Å². The van der Waals surface area contributed by atoms with Crippen LogP contribution in [0, 0.1) is 0 Å². The smallest absolute Gasteiger partial charge is 0.0870 e. The molecule has 13 heavy (non-hydrogen) atoms. The lowest BCUT2D eigenvalue weighted by Gasteiger charge is -2.06. The highest BCUT2D eigenvalue weighted by atomic mass is 19.1. The fourth-order valence-corrected chi connectivity index (χ4v) is 1.07. The van der Waals surface area contributed by atoms with Crippen molar-refractivity contribution in [2.45, 2.75) is 26.2 Å². The number of hydrogen-bond acceptors (Lipinski definition) is 2. The van der Waals surface area contributed by atoms with Crippen molar-refractivity contribution in [1.29, 1.82) is 0 Å². The second-order valence-corrected chi connectivity index (χ2v) is 2.98. The Bertz CT molecular complexity index is 185. The first-order valence-electron chi connectivity index (χ1n) is 4.65. The highest BCUT2D eigenvalue weighted by Gasteiger charge is 1.98. The van der Waals surface area contributed by atoms with Gasteiger partial charge in [0, 0.05) is 12.2 Å². The summed E-state index contributed by atoms with van der Waals surface area (Å²) in [5.74, 6) is 0. The van der Waals surface area contributed by atoms with E-state index in [0.29, 0.717) is 12.9 Å². The van der Waals surface area contributed by atoms with Crippen LogP contribution in [0.1, 0.15) is 26.2 Å². The number of nitrogens with two attached hydrogens (primary N) is 1. The molecular formula is C10H19FN2. The number of hydrogen-bond donors (Lipinski definition) is 2. The molecule has 3 N–H and O–H groups in total. The molecule has 0 aliphatic heterocycles. The van der Waals surface area contributed by atoms with E-state index in [2.05, 4.69) is 12.2 Å².